The number of carboxylic acids is 1. The van der Waals surface area contributed by atoms with E-state index in [1.807, 2.05) is 13.8 Å². The summed E-state index contributed by atoms with van der Waals surface area (Å²) in [5.74, 6) is -2.81. The number of hydrogen-bond acceptors (Lipinski definition) is 7. The van der Waals surface area contributed by atoms with Gasteiger partial charge in [0.25, 0.3) is 0 Å². The third-order valence-corrected chi connectivity index (χ3v) is 5.97. The van der Waals surface area contributed by atoms with Crippen LogP contribution in [0.3, 0.4) is 0 Å². The average molecular weight is 488 g/mol. The van der Waals surface area contributed by atoms with Crippen LogP contribution in [0.25, 0.3) is 0 Å². The fourth-order valence-electron chi connectivity index (χ4n) is 3.48. The maximum absolute atomic E-state index is 12.4. The topological polar surface area (TPSA) is 142 Å². The van der Waals surface area contributed by atoms with Gasteiger partial charge in [-0.05, 0) is 46.5 Å². The molecule has 33 heavy (non-hydrogen) atoms. The van der Waals surface area contributed by atoms with Gasteiger partial charge in [-0.1, -0.05) is 13.8 Å². The van der Waals surface area contributed by atoms with Gasteiger partial charge in [-0.25, -0.2) is 0 Å². The van der Waals surface area contributed by atoms with Crippen LogP contribution in [0.5, 0.6) is 0 Å². The van der Waals surface area contributed by atoms with Crippen LogP contribution in [-0.4, -0.2) is 75.2 Å². The van der Waals surface area contributed by atoms with Crippen molar-refractivity contribution in [1.82, 2.24) is 15.5 Å². The molecule has 0 aromatic carbocycles. The molecule has 0 aromatic heterocycles. The maximum Gasteiger partial charge on any atom is 0.322 e. The summed E-state index contributed by atoms with van der Waals surface area (Å²) in [5.41, 5.74) is -1.37. The van der Waals surface area contributed by atoms with Crippen molar-refractivity contribution in [3.63, 3.8) is 0 Å². The van der Waals surface area contributed by atoms with Crippen LogP contribution in [0.15, 0.2) is 0 Å². The summed E-state index contributed by atoms with van der Waals surface area (Å²) in [7, 11) is 0. The van der Waals surface area contributed by atoms with Gasteiger partial charge in [0.05, 0.1) is 10.9 Å². The molecule has 3 N–H and O–H groups in total. The summed E-state index contributed by atoms with van der Waals surface area (Å²) in [6, 6.07) is -0.840. The molecule has 188 valence electrons. The van der Waals surface area contributed by atoms with Gasteiger partial charge in [-0.15, -0.1) is 0 Å². The number of nitrogens with one attached hydrogen (secondary N) is 2. The number of aliphatic carboxylic acids is 1. The normalized spacial score (nSPS) is 17.9. The Bertz CT molecular complexity index is 767. The molecule has 0 spiro atoms. The molecule has 11 heteroatoms. The van der Waals surface area contributed by atoms with Crippen LogP contribution >= 0.6 is 12.6 Å². The third-order valence-electron chi connectivity index (χ3n) is 5.57. The number of amides is 4. The third kappa shape index (κ3) is 8.96. The van der Waals surface area contributed by atoms with Crippen molar-refractivity contribution < 1.29 is 33.8 Å². The molecule has 1 rings (SSSR count). The van der Waals surface area contributed by atoms with Gasteiger partial charge >= 0.3 is 5.97 Å². The summed E-state index contributed by atoms with van der Waals surface area (Å²) in [4.78, 5) is 60.9. The highest BCUT2D eigenvalue weighted by Gasteiger charge is 2.44. The molecule has 0 aliphatic carbocycles. The lowest BCUT2D eigenvalue weighted by atomic mass is 9.97. The van der Waals surface area contributed by atoms with Crippen molar-refractivity contribution in [3.05, 3.63) is 0 Å². The first-order chi connectivity index (χ1) is 15.1. The van der Waals surface area contributed by atoms with Crippen molar-refractivity contribution in [2.75, 3.05) is 13.2 Å². The molecule has 0 bridgehead atoms. The minimum absolute atomic E-state index is 0.0958. The summed E-state index contributed by atoms with van der Waals surface area (Å²) < 4.78 is 5.94. The second-order valence-electron chi connectivity index (χ2n) is 9.86. The predicted molar refractivity (Wildman–Crippen MR) is 125 cm³/mol. The Morgan fingerprint density at radius 1 is 1.18 bits per heavy atom. The highest BCUT2D eigenvalue weighted by molar-refractivity contribution is 7.81. The zero-order valence-corrected chi connectivity index (χ0v) is 21.2. The number of ether oxygens (including phenoxy) is 1. The van der Waals surface area contributed by atoms with E-state index in [1.54, 1.807) is 27.7 Å². The fraction of sp³-hybridized carbons (Fsp3) is 0.773. The first kappa shape index (κ1) is 28.9. The molecule has 2 atom stereocenters. The van der Waals surface area contributed by atoms with Gasteiger partial charge in [-0.3, -0.25) is 28.9 Å². The maximum atomic E-state index is 12.4. The van der Waals surface area contributed by atoms with Crippen molar-refractivity contribution in [1.29, 1.82) is 0 Å². The molecule has 1 fully saturated rings. The lowest BCUT2D eigenvalue weighted by Crippen LogP contribution is -2.50. The molecule has 1 heterocycles. The molecule has 2 unspecified atom stereocenters. The number of hydrogen-bond donors (Lipinski definition) is 4. The largest absolute Gasteiger partial charge is 0.480 e. The molecule has 1 saturated heterocycles. The zero-order valence-electron chi connectivity index (χ0n) is 20.3. The molecule has 0 aromatic rings. The van der Waals surface area contributed by atoms with Crippen LogP contribution in [0.1, 0.15) is 67.2 Å². The Kier molecular flexibility index (Phi) is 10.4. The summed E-state index contributed by atoms with van der Waals surface area (Å²) in [5, 5.41) is 13.0. The Morgan fingerprint density at radius 2 is 1.79 bits per heavy atom. The zero-order chi connectivity index (χ0) is 25.6. The van der Waals surface area contributed by atoms with Crippen LogP contribution in [0.2, 0.25) is 0 Å². The Morgan fingerprint density at radius 3 is 2.27 bits per heavy atom. The molecule has 1 aliphatic heterocycles. The second kappa shape index (κ2) is 11.8. The smallest absolute Gasteiger partial charge is 0.322 e. The van der Waals surface area contributed by atoms with E-state index in [0.29, 0.717) is 12.8 Å². The van der Waals surface area contributed by atoms with Gasteiger partial charge in [0.1, 0.15) is 12.6 Å². The van der Waals surface area contributed by atoms with E-state index in [0.717, 1.165) is 0 Å². The van der Waals surface area contributed by atoms with E-state index in [1.165, 1.54) is 4.90 Å². The number of nitrogens with zero attached hydrogens (tertiary/aromatic N) is 1. The van der Waals surface area contributed by atoms with E-state index < -0.39 is 40.9 Å². The highest BCUT2D eigenvalue weighted by atomic mass is 32.1. The summed E-state index contributed by atoms with van der Waals surface area (Å²) in [6.07, 6.45) is 1.01. The Labute approximate surface area is 200 Å². The lowest BCUT2D eigenvalue weighted by molar-refractivity contribution is -0.146. The minimum atomic E-state index is -1.16. The van der Waals surface area contributed by atoms with Crippen molar-refractivity contribution in [3.8, 4) is 0 Å². The highest BCUT2D eigenvalue weighted by Crippen LogP contribution is 2.29. The van der Waals surface area contributed by atoms with Crippen LogP contribution in [0.4, 0.5) is 0 Å². The van der Waals surface area contributed by atoms with E-state index in [-0.39, 0.29) is 43.1 Å². The van der Waals surface area contributed by atoms with E-state index >= 15 is 0 Å². The molecule has 10 nitrogen and oxygen atoms in total. The predicted octanol–water partition coefficient (Wildman–Crippen LogP) is 1.13. The van der Waals surface area contributed by atoms with Crippen LogP contribution in [-0.2, 0) is 28.7 Å². The molecular weight excluding hydrogens is 450 g/mol. The van der Waals surface area contributed by atoms with Gasteiger partial charge in [0.2, 0.25) is 23.6 Å². The van der Waals surface area contributed by atoms with Gasteiger partial charge < -0.3 is 20.5 Å². The van der Waals surface area contributed by atoms with E-state index in [9.17, 15) is 24.0 Å². The Balaban J connectivity index is 2.53. The van der Waals surface area contributed by atoms with Crippen LogP contribution in [0, 0.1) is 5.92 Å². The second-order valence-corrected chi connectivity index (χ2v) is 10.5. The molecule has 0 saturated carbocycles. The van der Waals surface area contributed by atoms with Crippen molar-refractivity contribution >= 4 is 42.2 Å². The number of likely N-dealkylation sites (tertiary alicyclic amines) is 1. The van der Waals surface area contributed by atoms with Crippen molar-refractivity contribution in [2.45, 2.75) is 89.7 Å². The SMILES string of the molecule is CC(C)C(NC(=O)CCC(C)(C)OCCC(C)(C)N1C(=O)CC(S)C1=O)C(=O)NCC(=O)O. The number of imide groups is 1. The van der Waals surface area contributed by atoms with Crippen molar-refractivity contribution in [2.24, 2.45) is 5.92 Å². The van der Waals surface area contributed by atoms with E-state index in [4.69, 9.17) is 9.84 Å². The van der Waals surface area contributed by atoms with Gasteiger partial charge in [0.15, 0.2) is 0 Å². The standard InChI is InChI=1S/C22H37N3O7S/c1-13(2)18(19(30)23-12-17(28)29)24-15(26)7-8-22(5,6)32-10-9-21(3,4)25-16(27)11-14(33)20(25)31/h13-14,18,33H,7-12H2,1-6H3,(H,23,30)(H,24,26)(H,28,29). The number of carbonyl (C=O) groups is 5. The molecule has 1 aliphatic rings. The quantitative estimate of drug-likeness (QED) is 0.225. The lowest BCUT2D eigenvalue weighted by Gasteiger charge is -2.35. The Hall–Kier alpha value is -2.14. The van der Waals surface area contributed by atoms with Gasteiger partial charge in [-0.2, -0.15) is 12.6 Å². The molecule has 4 amide bonds. The monoisotopic (exact) mass is 487 g/mol. The molecular formula is C22H37N3O7S. The average Bonchev–Trinajstić information content (AvgIpc) is 2.94. The number of rotatable bonds is 13. The summed E-state index contributed by atoms with van der Waals surface area (Å²) >= 11 is 4.16. The number of thiol groups is 1. The first-order valence-corrected chi connectivity index (χ1v) is 11.6. The number of carboxylic acid groups (broad SMARTS) is 1. The fourth-order valence-corrected chi connectivity index (χ4v) is 3.75. The summed E-state index contributed by atoms with van der Waals surface area (Å²) in [6.45, 7) is 10.6. The van der Waals surface area contributed by atoms with Gasteiger partial charge in [0, 0.05) is 25.0 Å². The minimum Gasteiger partial charge on any atom is -0.480 e. The first-order valence-electron chi connectivity index (χ1n) is 11.0. The van der Waals surface area contributed by atoms with Crippen LogP contribution < -0.4 is 10.6 Å². The van der Waals surface area contributed by atoms with E-state index in [2.05, 4.69) is 23.3 Å². The molecule has 0 radical (unpaired) electrons. The number of carbonyl (C=O) groups excluding carboxylic acids is 4.